The van der Waals surface area contributed by atoms with Gasteiger partial charge in [-0.25, -0.2) is 0 Å². The summed E-state index contributed by atoms with van der Waals surface area (Å²) in [6, 6.07) is 7.79. The van der Waals surface area contributed by atoms with Gasteiger partial charge in [-0.2, -0.15) is 0 Å². The summed E-state index contributed by atoms with van der Waals surface area (Å²) in [5, 5.41) is 2.84. The number of nitrogens with zero attached hydrogens (tertiary/aromatic N) is 1. The second-order valence-electron chi connectivity index (χ2n) is 7.11. The third kappa shape index (κ3) is 5.24. The maximum Gasteiger partial charge on any atom is 0.234 e. The SMILES string of the molecule is Cc1ccc(NC(=O)CSCC(=O)N2CCC(N)C(C)(C)C2)cc1. The Morgan fingerprint density at radius 1 is 1.29 bits per heavy atom. The molecule has 1 aliphatic heterocycles. The highest BCUT2D eigenvalue weighted by molar-refractivity contribution is 8.00. The summed E-state index contributed by atoms with van der Waals surface area (Å²) in [6.45, 7) is 7.59. The summed E-state index contributed by atoms with van der Waals surface area (Å²) in [5.41, 5.74) is 7.98. The van der Waals surface area contributed by atoms with Crippen LogP contribution in [0.2, 0.25) is 0 Å². The monoisotopic (exact) mass is 349 g/mol. The van der Waals surface area contributed by atoms with Gasteiger partial charge in [-0.15, -0.1) is 11.8 Å². The lowest BCUT2D eigenvalue weighted by Gasteiger charge is -2.42. The van der Waals surface area contributed by atoms with E-state index in [0.717, 1.165) is 17.7 Å². The molecule has 6 heteroatoms. The highest BCUT2D eigenvalue weighted by Crippen LogP contribution is 2.28. The Labute approximate surface area is 148 Å². The minimum atomic E-state index is -0.0855. The van der Waals surface area contributed by atoms with Gasteiger partial charge in [-0.1, -0.05) is 31.5 Å². The van der Waals surface area contributed by atoms with E-state index in [1.54, 1.807) is 0 Å². The Kier molecular flexibility index (Phi) is 6.29. The molecule has 132 valence electrons. The number of anilines is 1. The number of amides is 2. The number of piperidine rings is 1. The first-order valence-electron chi connectivity index (χ1n) is 8.25. The summed E-state index contributed by atoms with van der Waals surface area (Å²) in [5.74, 6) is 0.601. The molecule has 0 saturated carbocycles. The lowest BCUT2D eigenvalue weighted by Crippen LogP contribution is -2.54. The molecule has 0 aromatic heterocycles. The van der Waals surface area contributed by atoms with Crippen molar-refractivity contribution in [2.24, 2.45) is 11.1 Å². The Morgan fingerprint density at radius 3 is 2.58 bits per heavy atom. The molecule has 2 amide bonds. The number of hydrogen-bond donors (Lipinski definition) is 2. The minimum Gasteiger partial charge on any atom is -0.341 e. The van der Waals surface area contributed by atoms with Gasteiger partial charge in [0.15, 0.2) is 0 Å². The van der Waals surface area contributed by atoms with E-state index in [-0.39, 0.29) is 29.0 Å². The molecule has 0 bridgehead atoms. The van der Waals surface area contributed by atoms with Gasteiger partial charge in [0.2, 0.25) is 11.8 Å². The van der Waals surface area contributed by atoms with E-state index in [4.69, 9.17) is 5.73 Å². The van der Waals surface area contributed by atoms with Gasteiger partial charge in [-0.05, 0) is 30.9 Å². The van der Waals surface area contributed by atoms with Crippen LogP contribution < -0.4 is 11.1 Å². The van der Waals surface area contributed by atoms with Crippen molar-refractivity contribution < 1.29 is 9.59 Å². The minimum absolute atomic E-state index is 0.0542. The van der Waals surface area contributed by atoms with Crippen LogP contribution in [0.5, 0.6) is 0 Å². The Balaban J connectivity index is 1.72. The molecule has 1 aliphatic rings. The van der Waals surface area contributed by atoms with Crippen LogP contribution in [0.3, 0.4) is 0 Å². The topological polar surface area (TPSA) is 75.4 Å². The van der Waals surface area contributed by atoms with E-state index < -0.39 is 0 Å². The van der Waals surface area contributed by atoms with Crippen LogP contribution in [0.25, 0.3) is 0 Å². The maximum absolute atomic E-state index is 12.3. The van der Waals surface area contributed by atoms with Gasteiger partial charge in [0, 0.05) is 24.8 Å². The van der Waals surface area contributed by atoms with Gasteiger partial charge < -0.3 is 16.0 Å². The van der Waals surface area contributed by atoms with Crippen LogP contribution in [0.4, 0.5) is 5.69 Å². The number of rotatable bonds is 5. The van der Waals surface area contributed by atoms with Crippen LogP contribution in [0.15, 0.2) is 24.3 Å². The number of carbonyl (C=O) groups excluding carboxylic acids is 2. The van der Waals surface area contributed by atoms with E-state index in [2.05, 4.69) is 19.2 Å². The van der Waals surface area contributed by atoms with Gasteiger partial charge in [0.1, 0.15) is 0 Å². The first-order chi connectivity index (χ1) is 11.3. The third-order valence-electron chi connectivity index (χ3n) is 4.46. The molecule has 1 unspecified atom stereocenters. The zero-order chi connectivity index (χ0) is 17.7. The van der Waals surface area contributed by atoms with Crippen molar-refractivity contribution in [3.05, 3.63) is 29.8 Å². The lowest BCUT2D eigenvalue weighted by molar-refractivity contribution is -0.131. The fraction of sp³-hybridized carbons (Fsp3) is 0.556. The fourth-order valence-corrected chi connectivity index (χ4v) is 3.46. The molecule has 1 saturated heterocycles. The molecule has 3 N–H and O–H groups in total. The summed E-state index contributed by atoms with van der Waals surface area (Å²) in [6.07, 6.45) is 0.831. The van der Waals surface area contributed by atoms with Gasteiger partial charge in [0.05, 0.1) is 11.5 Å². The Bertz CT molecular complexity index is 586. The number of thioether (sulfide) groups is 1. The first kappa shape index (κ1) is 18.8. The molecule has 1 aromatic carbocycles. The van der Waals surface area contributed by atoms with E-state index in [1.165, 1.54) is 11.8 Å². The van der Waals surface area contributed by atoms with Crippen molar-refractivity contribution in [2.45, 2.75) is 33.2 Å². The number of nitrogens with one attached hydrogen (secondary N) is 1. The van der Waals surface area contributed by atoms with E-state index in [9.17, 15) is 9.59 Å². The summed E-state index contributed by atoms with van der Waals surface area (Å²) < 4.78 is 0. The molecule has 1 aromatic rings. The number of nitrogens with two attached hydrogens (primary N) is 1. The van der Waals surface area contributed by atoms with E-state index in [1.807, 2.05) is 36.1 Å². The molecule has 1 fully saturated rings. The molecule has 0 spiro atoms. The van der Waals surface area contributed by atoms with Crippen molar-refractivity contribution in [3.63, 3.8) is 0 Å². The number of benzene rings is 1. The molecule has 2 rings (SSSR count). The first-order valence-corrected chi connectivity index (χ1v) is 9.41. The predicted molar refractivity (Wildman–Crippen MR) is 100 cm³/mol. The van der Waals surface area contributed by atoms with Crippen LogP contribution in [-0.2, 0) is 9.59 Å². The van der Waals surface area contributed by atoms with E-state index in [0.29, 0.717) is 18.8 Å². The summed E-state index contributed by atoms with van der Waals surface area (Å²) in [7, 11) is 0. The number of aryl methyl sites for hydroxylation is 1. The van der Waals surface area contributed by atoms with Crippen LogP contribution >= 0.6 is 11.8 Å². The number of likely N-dealkylation sites (tertiary alicyclic amines) is 1. The van der Waals surface area contributed by atoms with Crippen molar-refractivity contribution in [1.82, 2.24) is 4.90 Å². The van der Waals surface area contributed by atoms with E-state index >= 15 is 0 Å². The second kappa shape index (κ2) is 8.03. The standard InChI is InChI=1S/C18H27N3O2S/c1-13-4-6-14(7-5-13)20-16(22)10-24-11-17(23)21-9-8-15(19)18(2,3)12-21/h4-7,15H,8-12,19H2,1-3H3,(H,20,22). The normalized spacial score (nSPS) is 19.8. The highest BCUT2D eigenvalue weighted by Gasteiger charge is 2.35. The van der Waals surface area contributed by atoms with Gasteiger partial charge in [-0.3, -0.25) is 9.59 Å². The van der Waals surface area contributed by atoms with Crippen molar-refractivity contribution in [1.29, 1.82) is 0 Å². The third-order valence-corrected chi connectivity index (χ3v) is 5.38. The molecule has 0 radical (unpaired) electrons. The maximum atomic E-state index is 12.3. The van der Waals surface area contributed by atoms with Crippen molar-refractivity contribution in [3.8, 4) is 0 Å². The lowest BCUT2D eigenvalue weighted by atomic mass is 9.80. The second-order valence-corrected chi connectivity index (χ2v) is 8.09. The molecule has 0 aliphatic carbocycles. The molecule has 5 nitrogen and oxygen atoms in total. The molecule has 1 atom stereocenters. The average molecular weight is 350 g/mol. The molecule has 24 heavy (non-hydrogen) atoms. The number of carbonyl (C=O) groups is 2. The largest absolute Gasteiger partial charge is 0.341 e. The van der Waals surface area contributed by atoms with Crippen LogP contribution in [0, 0.1) is 12.3 Å². The highest BCUT2D eigenvalue weighted by atomic mass is 32.2. The molecular weight excluding hydrogens is 322 g/mol. The van der Waals surface area contributed by atoms with Gasteiger partial charge in [0.25, 0.3) is 0 Å². The zero-order valence-electron chi connectivity index (χ0n) is 14.7. The summed E-state index contributed by atoms with van der Waals surface area (Å²) in [4.78, 5) is 26.1. The van der Waals surface area contributed by atoms with Crippen LogP contribution in [-0.4, -0.2) is 47.4 Å². The van der Waals surface area contributed by atoms with Crippen molar-refractivity contribution in [2.75, 3.05) is 29.9 Å². The average Bonchev–Trinajstić information content (AvgIpc) is 2.52. The summed E-state index contributed by atoms with van der Waals surface area (Å²) >= 11 is 1.35. The van der Waals surface area contributed by atoms with Crippen LogP contribution in [0.1, 0.15) is 25.8 Å². The Morgan fingerprint density at radius 2 is 1.96 bits per heavy atom. The smallest absolute Gasteiger partial charge is 0.234 e. The Hall–Kier alpha value is -1.53. The zero-order valence-corrected chi connectivity index (χ0v) is 15.5. The molecule has 1 heterocycles. The molecular formula is C18H27N3O2S. The quantitative estimate of drug-likeness (QED) is 0.855. The number of hydrogen-bond acceptors (Lipinski definition) is 4. The van der Waals surface area contributed by atoms with Crippen molar-refractivity contribution >= 4 is 29.3 Å². The predicted octanol–water partition coefficient (Wildman–Crippen LogP) is 2.25. The van der Waals surface area contributed by atoms with Gasteiger partial charge >= 0.3 is 0 Å². The fourth-order valence-electron chi connectivity index (χ4n) is 2.74.